The molecule has 0 heterocycles. The van der Waals surface area contributed by atoms with E-state index in [0.717, 1.165) is 12.8 Å². The predicted octanol–water partition coefficient (Wildman–Crippen LogP) is -0.636. The van der Waals surface area contributed by atoms with Gasteiger partial charge in [-0.1, -0.05) is 13.3 Å². The Hall–Kier alpha value is -1.67. The molecule has 6 N–H and O–H groups in total. The SMILES string of the molecule is CC[C@H](NC(=O)CCCCCNC(=O)COC(C)N)C(N)=O. The van der Waals surface area contributed by atoms with E-state index < -0.39 is 18.2 Å². The van der Waals surface area contributed by atoms with Crippen molar-refractivity contribution < 1.29 is 19.1 Å². The van der Waals surface area contributed by atoms with Gasteiger partial charge in [0.1, 0.15) is 18.9 Å². The first-order chi connectivity index (χ1) is 10.4. The maximum atomic E-state index is 11.6. The Morgan fingerprint density at radius 3 is 2.36 bits per heavy atom. The topological polar surface area (TPSA) is 137 Å². The summed E-state index contributed by atoms with van der Waals surface area (Å²) in [4.78, 5) is 33.9. The van der Waals surface area contributed by atoms with Gasteiger partial charge in [0.2, 0.25) is 17.7 Å². The molecule has 0 rings (SSSR count). The molecule has 128 valence electrons. The fourth-order valence-electron chi connectivity index (χ4n) is 1.71. The van der Waals surface area contributed by atoms with Gasteiger partial charge >= 0.3 is 0 Å². The average molecular weight is 316 g/mol. The normalized spacial score (nSPS) is 13.2. The number of hydrogen-bond donors (Lipinski definition) is 4. The van der Waals surface area contributed by atoms with Gasteiger partial charge in [0.25, 0.3) is 0 Å². The van der Waals surface area contributed by atoms with Crippen LogP contribution in [0.4, 0.5) is 0 Å². The molecule has 8 heteroatoms. The summed E-state index contributed by atoms with van der Waals surface area (Å²) in [6.45, 7) is 3.92. The molecule has 1 unspecified atom stereocenters. The van der Waals surface area contributed by atoms with Gasteiger partial charge in [-0.2, -0.15) is 0 Å². The van der Waals surface area contributed by atoms with Gasteiger partial charge in [-0.25, -0.2) is 0 Å². The Bertz CT molecular complexity index is 361. The van der Waals surface area contributed by atoms with Crippen LogP contribution in [-0.4, -0.2) is 43.1 Å². The number of carbonyl (C=O) groups excluding carboxylic acids is 3. The number of hydrogen-bond acceptors (Lipinski definition) is 5. The molecule has 3 amide bonds. The minimum atomic E-state index is -0.600. The van der Waals surface area contributed by atoms with E-state index in [4.69, 9.17) is 16.2 Å². The van der Waals surface area contributed by atoms with Crippen molar-refractivity contribution in [3.63, 3.8) is 0 Å². The quantitative estimate of drug-likeness (QED) is 0.280. The summed E-state index contributed by atoms with van der Waals surface area (Å²) in [5.41, 5.74) is 10.5. The monoisotopic (exact) mass is 316 g/mol. The lowest BCUT2D eigenvalue weighted by atomic mass is 10.1. The highest BCUT2D eigenvalue weighted by molar-refractivity contribution is 5.86. The number of unbranched alkanes of at least 4 members (excludes halogenated alkanes) is 2. The number of nitrogens with one attached hydrogen (secondary N) is 2. The largest absolute Gasteiger partial charge is 0.368 e. The minimum Gasteiger partial charge on any atom is -0.368 e. The van der Waals surface area contributed by atoms with E-state index in [1.807, 2.05) is 0 Å². The summed E-state index contributed by atoms with van der Waals surface area (Å²) in [5.74, 6) is -0.908. The van der Waals surface area contributed by atoms with Gasteiger partial charge in [0, 0.05) is 13.0 Å². The second kappa shape index (κ2) is 11.9. The zero-order chi connectivity index (χ0) is 17.0. The van der Waals surface area contributed by atoms with Gasteiger partial charge < -0.3 is 26.8 Å². The van der Waals surface area contributed by atoms with Crippen LogP contribution >= 0.6 is 0 Å². The molecule has 0 aromatic heterocycles. The molecule has 0 aliphatic carbocycles. The van der Waals surface area contributed by atoms with Crippen LogP contribution in [0.1, 0.15) is 46.0 Å². The van der Waals surface area contributed by atoms with E-state index in [1.54, 1.807) is 13.8 Å². The van der Waals surface area contributed by atoms with Crippen molar-refractivity contribution in [1.82, 2.24) is 10.6 Å². The highest BCUT2D eigenvalue weighted by Crippen LogP contribution is 2.00. The molecule has 0 saturated carbocycles. The molecule has 0 spiro atoms. The third-order valence-corrected chi connectivity index (χ3v) is 2.97. The number of amides is 3. The Morgan fingerprint density at radius 2 is 1.82 bits per heavy atom. The number of carbonyl (C=O) groups is 3. The van der Waals surface area contributed by atoms with Crippen LogP contribution in [0.25, 0.3) is 0 Å². The Labute approximate surface area is 131 Å². The maximum absolute atomic E-state index is 11.6. The standard InChI is InChI=1S/C14H28N4O4/c1-3-11(14(16)21)18-12(19)7-5-4-6-8-17-13(20)9-22-10(2)15/h10-11H,3-9,15H2,1-2H3,(H2,16,21)(H,17,20)(H,18,19)/t10?,11-/m0/s1. The minimum absolute atomic E-state index is 0.0500. The maximum Gasteiger partial charge on any atom is 0.246 e. The van der Waals surface area contributed by atoms with E-state index in [2.05, 4.69) is 10.6 Å². The van der Waals surface area contributed by atoms with E-state index in [0.29, 0.717) is 25.8 Å². The van der Waals surface area contributed by atoms with Gasteiger partial charge in [0.05, 0.1) is 0 Å². The number of nitrogens with two attached hydrogens (primary N) is 2. The zero-order valence-corrected chi connectivity index (χ0v) is 13.4. The van der Waals surface area contributed by atoms with E-state index in [-0.39, 0.29) is 18.4 Å². The van der Waals surface area contributed by atoms with Crippen LogP contribution in [0, 0.1) is 0 Å². The van der Waals surface area contributed by atoms with Gasteiger partial charge in [-0.3, -0.25) is 14.4 Å². The van der Waals surface area contributed by atoms with Crippen LogP contribution in [0.2, 0.25) is 0 Å². The average Bonchev–Trinajstić information content (AvgIpc) is 2.45. The van der Waals surface area contributed by atoms with E-state index in [9.17, 15) is 14.4 Å². The number of ether oxygens (including phenoxy) is 1. The van der Waals surface area contributed by atoms with Crippen LogP contribution in [0.5, 0.6) is 0 Å². The molecule has 0 aromatic rings. The van der Waals surface area contributed by atoms with Gasteiger partial charge in [-0.05, 0) is 26.2 Å². The fraction of sp³-hybridized carbons (Fsp3) is 0.786. The van der Waals surface area contributed by atoms with Crippen molar-refractivity contribution >= 4 is 17.7 Å². The third-order valence-electron chi connectivity index (χ3n) is 2.97. The fourth-order valence-corrected chi connectivity index (χ4v) is 1.71. The predicted molar refractivity (Wildman–Crippen MR) is 82.5 cm³/mol. The first-order valence-electron chi connectivity index (χ1n) is 7.59. The molecule has 0 saturated heterocycles. The second-order valence-electron chi connectivity index (χ2n) is 5.11. The highest BCUT2D eigenvalue weighted by atomic mass is 16.5. The van der Waals surface area contributed by atoms with E-state index in [1.165, 1.54) is 0 Å². The second-order valence-corrected chi connectivity index (χ2v) is 5.11. The molecule has 0 aliphatic rings. The Kier molecular flexibility index (Phi) is 11.0. The van der Waals surface area contributed by atoms with Crippen LogP contribution < -0.4 is 22.1 Å². The molecule has 0 fully saturated rings. The van der Waals surface area contributed by atoms with Gasteiger partial charge in [-0.15, -0.1) is 0 Å². The molecule has 8 nitrogen and oxygen atoms in total. The van der Waals surface area contributed by atoms with Crippen molar-refractivity contribution in [3.8, 4) is 0 Å². The third kappa shape index (κ3) is 11.0. The highest BCUT2D eigenvalue weighted by Gasteiger charge is 2.14. The molecular formula is C14H28N4O4. The van der Waals surface area contributed by atoms with Crippen molar-refractivity contribution in [2.75, 3.05) is 13.2 Å². The zero-order valence-electron chi connectivity index (χ0n) is 13.4. The molecule has 0 radical (unpaired) electrons. The summed E-state index contributed by atoms with van der Waals surface area (Å²) in [6, 6.07) is -0.600. The Morgan fingerprint density at radius 1 is 1.14 bits per heavy atom. The number of rotatable bonds is 12. The summed E-state index contributed by atoms with van der Waals surface area (Å²) >= 11 is 0. The summed E-state index contributed by atoms with van der Waals surface area (Å²) in [5, 5.41) is 5.29. The van der Waals surface area contributed by atoms with Crippen LogP contribution in [0.15, 0.2) is 0 Å². The van der Waals surface area contributed by atoms with Crippen LogP contribution in [0.3, 0.4) is 0 Å². The van der Waals surface area contributed by atoms with E-state index >= 15 is 0 Å². The van der Waals surface area contributed by atoms with Crippen molar-refractivity contribution in [2.45, 2.75) is 58.2 Å². The molecular weight excluding hydrogens is 288 g/mol. The molecule has 0 bridgehead atoms. The lowest BCUT2D eigenvalue weighted by molar-refractivity contribution is -0.127. The molecule has 0 aliphatic heterocycles. The van der Waals surface area contributed by atoms with Crippen molar-refractivity contribution in [1.29, 1.82) is 0 Å². The number of primary amides is 1. The summed E-state index contributed by atoms with van der Waals surface area (Å²) in [6.07, 6.45) is 2.62. The van der Waals surface area contributed by atoms with Gasteiger partial charge in [0.15, 0.2) is 0 Å². The molecule has 22 heavy (non-hydrogen) atoms. The smallest absolute Gasteiger partial charge is 0.246 e. The van der Waals surface area contributed by atoms with Crippen LogP contribution in [-0.2, 0) is 19.1 Å². The first-order valence-corrected chi connectivity index (χ1v) is 7.59. The summed E-state index contributed by atoms with van der Waals surface area (Å²) < 4.78 is 4.96. The molecule has 2 atom stereocenters. The van der Waals surface area contributed by atoms with Crippen molar-refractivity contribution in [3.05, 3.63) is 0 Å². The lowest BCUT2D eigenvalue weighted by Gasteiger charge is -2.13. The van der Waals surface area contributed by atoms with Crippen molar-refractivity contribution in [2.24, 2.45) is 11.5 Å². The Balaban J connectivity index is 3.58. The first kappa shape index (κ1) is 20.3. The summed E-state index contributed by atoms with van der Waals surface area (Å²) in [7, 11) is 0. The lowest BCUT2D eigenvalue weighted by Crippen LogP contribution is -2.43. The molecule has 0 aromatic carbocycles.